The van der Waals surface area contributed by atoms with Gasteiger partial charge in [-0.3, -0.25) is 4.79 Å². The molecule has 6 heteroatoms. The summed E-state index contributed by atoms with van der Waals surface area (Å²) in [4.78, 5) is 21.1. The van der Waals surface area contributed by atoms with Crippen LogP contribution in [0.2, 0.25) is 0 Å². The topological polar surface area (TPSA) is 61.3 Å². The van der Waals surface area contributed by atoms with E-state index in [2.05, 4.69) is 16.9 Å². The van der Waals surface area contributed by atoms with E-state index >= 15 is 0 Å². The molecule has 0 bridgehead atoms. The van der Waals surface area contributed by atoms with Gasteiger partial charge in [0.05, 0.1) is 19.0 Å². The van der Waals surface area contributed by atoms with Crippen molar-refractivity contribution in [3.05, 3.63) is 36.7 Å². The lowest BCUT2D eigenvalue weighted by atomic mass is 9.99. The van der Waals surface area contributed by atoms with E-state index in [4.69, 9.17) is 21.1 Å². The summed E-state index contributed by atoms with van der Waals surface area (Å²) in [5.74, 6) is 2.38. The highest BCUT2D eigenvalue weighted by atomic mass is 35.5. The fraction of sp³-hybridized carbons (Fsp3) is 0.633. The first-order valence-corrected chi connectivity index (χ1v) is 14.5. The highest BCUT2D eigenvalue weighted by Crippen LogP contribution is 2.29. The second-order valence-corrected chi connectivity index (χ2v) is 10.6. The molecule has 1 aliphatic rings. The smallest absolute Gasteiger partial charge is 0.329 e. The molecule has 0 N–H and O–H groups in total. The number of carbonyl (C=O) groups excluding carboxylic acids is 1. The van der Waals surface area contributed by atoms with Gasteiger partial charge in [-0.15, -0.1) is 11.6 Å². The van der Waals surface area contributed by atoms with Gasteiger partial charge in [-0.2, -0.15) is 0 Å². The summed E-state index contributed by atoms with van der Waals surface area (Å²) in [7, 11) is 0. The molecule has 1 aliphatic carbocycles. The lowest BCUT2D eigenvalue weighted by Gasteiger charge is -2.10. The number of rotatable bonds is 17. The van der Waals surface area contributed by atoms with Crippen LogP contribution in [0.25, 0.3) is 11.4 Å². The summed E-state index contributed by atoms with van der Waals surface area (Å²) in [5.41, 5.74) is 0.848. The quantitative estimate of drug-likeness (QED) is 0.0915. The van der Waals surface area contributed by atoms with Crippen LogP contribution in [0.1, 0.15) is 103 Å². The van der Waals surface area contributed by atoms with Crippen molar-refractivity contribution in [2.24, 2.45) is 5.92 Å². The molecule has 1 saturated carbocycles. The first-order valence-electron chi connectivity index (χ1n) is 14.1. The summed E-state index contributed by atoms with van der Waals surface area (Å²) < 4.78 is 11.2. The van der Waals surface area contributed by atoms with Gasteiger partial charge in [0, 0.05) is 5.56 Å². The number of carbonyl (C=O) groups is 1. The standard InChI is InChI=1S/C30H43ClN2O3/c1-2-3-4-9-16-28(31)30(34)36-26-19-17-25(18-20-26)29-32-22-27(23-33-29)35-21-12-7-5-6-8-13-24-14-10-11-15-24/h17-20,22-24,28H,2-16,21H2,1H3/t28-/m1/s1. The number of benzene rings is 1. The molecular formula is C30H43ClN2O3. The van der Waals surface area contributed by atoms with Crippen molar-refractivity contribution >= 4 is 17.6 Å². The van der Waals surface area contributed by atoms with E-state index in [1.54, 1.807) is 24.5 Å². The summed E-state index contributed by atoms with van der Waals surface area (Å²) in [6.07, 6.45) is 22.0. The predicted molar refractivity (Wildman–Crippen MR) is 147 cm³/mol. The number of hydrogen-bond donors (Lipinski definition) is 0. The zero-order valence-corrected chi connectivity index (χ0v) is 22.7. The fourth-order valence-corrected chi connectivity index (χ4v) is 5.01. The lowest BCUT2D eigenvalue weighted by Crippen LogP contribution is -2.20. The first-order chi connectivity index (χ1) is 17.7. The monoisotopic (exact) mass is 514 g/mol. The average Bonchev–Trinajstić information content (AvgIpc) is 3.42. The van der Waals surface area contributed by atoms with Gasteiger partial charge in [0.15, 0.2) is 11.6 Å². The van der Waals surface area contributed by atoms with Crippen molar-refractivity contribution in [1.82, 2.24) is 9.97 Å². The van der Waals surface area contributed by atoms with E-state index in [0.29, 0.717) is 30.4 Å². The Hall–Kier alpha value is -2.14. The number of ether oxygens (including phenoxy) is 2. The highest BCUT2D eigenvalue weighted by Gasteiger charge is 2.17. The number of nitrogens with zero attached hydrogens (tertiary/aromatic N) is 2. The number of unbranched alkanes of at least 4 members (excludes halogenated alkanes) is 7. The second kappa shape index (κ2) is 16.6. The third kappa shape index (κ3) is 10.5. The molecule has 0 radical (unpaired) electrons. The van der Waals surface area contributed by atoms with Crippen LogP contribution in [0.15, 0.2) is 36.7 Å². The molecule has 5 nitrogen and oxygen atoms in total. The SMILES string of the molecule is CCCCCC[C@@H](Cl)C(=O)Oc1ccc(-c2ncc(OCCCCCCCC3CCCC3)cn2)cc1. The van der Waals surface area contributed by atoms with Gasteiger partial charge in [-0.25, -0.2) is 9.97 Å². The summed E-state index contributed by atoms with van der Waals surface area (Å²) in [6, 6.07) is 7.18. The van der Waals surface area contributed by atoms with Gasteiger partial charge in [0.2, 0.25) is 0 Å². The minimum absolute atomic E-state index is 0.400. The Morgan fingerprint density at radius 1 is 0.917 bits per heavy atom. The normalized spacial score (nSPS) is 14.6. The number of esters is 1. The summed E-state index contributed by atoms with van der Waals surface area (Å²) in [5, 5.41) is -0.612. The maximum absolute atomic E-state index is 12.2. The summed E-state index contributed by atoms with van der Waals surface area (Å²) in [6.45, 7) is 2.86. The van der Waals surface area contributed by atoms with Crippen molar-refractivity contribution in [1.29, 1.82) is 0 Å². The number of aromatic nitrogens is 2. The number of alkyl halides is 1. The van der Waals surface area contributed by atoms with Crippen molar-refractivity contribution in [3.8, 4) is 22.9 Å². The van der Waals surface area contributed by atoms with E-state index in [-0.39, 0.29) is 0 Å². The van der Waals surface area contributed by atoms with Crippen molar-refractivity contribution in [2.45, 2.75) is 109 Å². The molecule has 1 aromatic carbocycles. The van der Waals surface area contributed by atoms with Gasteiger partial charge in [-0.05, 0) is 43.0 Å². The molecule has 1 atom stereocenters. The van der Waals surface area contributed by atoms with Crippen LogP contribution in [-0.2, 0) is 4.79 Å². The molecule has 1 heterocycles. The molecule has 0 amide bonds. The average molecular weight is 515 g/mol. The Bertz CT molecular complexity index is 867. The van der Waals surface area contributed by atoms with E-state index in [0.717, 1.165) is 43.6 Å². The van der Waals surface area contributed by atoms with E-state index < -0.39 is 11.3 Å². The Kier molecular flexibility index (Phi) is 13.1. The van der Waals surface area contributed by atoms with E-state index in [1.165, 1.54) is 57.8 Å². The molecule has 0 saturated heterocycles. The zero-order chi connectivity index (χ0) is 25.4. The van der Waals surface area contributed by atoms with Crippen LogP contribution in [0.5, 0.6) is 11.5 Å². The second-order valence-electron chi connectivity index (χ2n) is 10.1. The first kappa shape index (κ1) is 28.4. The fourth-order valence-electron chi connectivity index (χ4n) is 4.81. The molecule has 198 valence electrons. The van der Waals surface area contributed by atoms with Crippen LogP contribution >= 0.6 is 11.6 Å². The Labute approximate surface area is 222 Å². The van der Waals surface area contributed by atoms with Crippen molar-refractivity contribution < 1.29 is 14.3 Å². The third-order valence-electron chi connectivity index (χ3n) is 7.03. The number of halogens is 1. The molecule has 36 heavy (non-hydrogen) atoms. The highest BCUT2D eigenvalue weighted by molar-refractivity contribution is 6.30. The van der Waals surface area contributed by atoms with Gasteiger partial charge in [0.1, 0.15) is 11.1 Å². The van der Waals surface area contributed by atoms with Crippen LogP contribution in [0, 0.1) is 5.92 Å². The number of hydrogen-bond acceptors (Lipinski definition) is 5. The minimum atomic E-state index is -0.612. The van der Waals surface area contributed by atoms with Crippen LogP contribution < -0.4 is 9.47 Å². The van der Waals surface area contributed by atoms with Gasteiger partial charge < -0.3 is 9.47 Å². The molecule has 0 unspecified atom stereocenters. The zero-order valence-electron chi connectivity index (χ0n) is 21.9. The molecule has 3 rings (SSSR count). The van der Waals surface area contributed by atoms with Crippen molar-refractivity contribution in [3.63, 3.8) is 0 Å². The minimum Gasteiger partial charge on any atom is -0.490 e. The lowest BCUT2D eigenvalue weighted by molar-refractivity contribution is -0.134. The summed E-state index contributed by atoms with van der Waals surface area (Å²) >= 11 is 6.19. The van der Waals surface area contributed by atoms with Gasteiger partial charge >= 0.3 is 5.97 Å². The van der Waals surface area contributed by atoms with Gasteiger partial charge in [0.25, 0.3) is 0 Å². The molecule has 1 aromatic heterocycles. The Morgan fingerprint density at radius 2 is 1.58 bits per heavy atom. The van der Waals surface area contributed by atoms with E-state index in [1.807, 2.05) is 12.1 Å². The molecule has 0 aliphatic heterocycles. The van der Waals surface area contributed by atoms with E-state index in [9.17, 15) is 4.79 Å². The van der Waals surface area contributed by atoms with Crippen LogP contribution in [0.3, 0.4) is 0 Å². The van der Waals surface area contributed by atoms with Gasteiger partial charge in [-0.1, -0.05) is 90.4 Å². The van der Waals surface area contributed by atoms with Crippen molar-refractivity contribution in [2.75, 3.05) is 6.61 Å². The largest absolute Gasteiger partial charge is 0.490 e. The van der Waals surface area contributed by atoms with Crippen LogP contribution in [0.4, 0.5) is 0 Å². The molecule has 0 spiro atoms. The third-order valence-corrected chi connectivity index (χ3v) is 7.42. The maximum atomic E-state index is 12.2. The molecule has 1 fully saturated rings. The Balaban J connectivity index is 1.31. The Morgan fingerprint density at radius 3 is 2.31 bits per heavy atom. The van der Waals surface area contributed by atoms with Crippen LogP contribution in [-0.4, -0.2) is 27.9 Å². The maximum Gasteiger partial charge on any atom is 0.329 e. The predicted octanol–water partition coefficient (Wildman–Crippen LogP) is 8.54. The molecule has 2 aromatic rings. The molecular weight excluding hydrogens is 472 g/mol.